The van der Waals surface area contributed by atoms with E-state index in [-0.39, 0.29) is 167 Å². The molecule has 1 spiro atoms. The molecule has 35 nitrogen and oxygen atoms in total. The molecule has 1 aromatic carbocycles. The number of thioether (sulfide) groups is 1. The second-order valence-electron chi connectivity index (χ2n) is 34.5. The van der Waals surface area contributed by atoms with Gasteiger partial charge in [0.05, 0.1) is 116 Å². The Bertz CT molecular complexity index is 4160. The van der Waals surface area contributed by atoms with E-state index in [9.17, 15) is 68.7 Å². The minimum absolute atomic E-state index is 0.00340. The van der Waals surface area contributed by atoms with E-state index in [2.05, 4.69) is 59.0 Å². The van der Waals surface area contributed by atoms with E-state index >= 15 is 0 Å². The van der Waals surface area contributed by atoms with E-state index in [0.29, 0.717) is 71.2 Å². The molecule has 13 N–H and O–H groups in total. The number of likely N-dealkylation sites (N-methyl/N-ethyl adjacent to an activating group) is 1. The van der Waals surface area contributed by atoms with Gasteiger partial charge in [-0.2, -0.15) is 5.48 Å². The Hall–Kier alpha value is -5.53. The number of ether oxygens (including phenoxy) is 13. The number of aliphatic hydroxyl groups is 5. The number of benzene rings is 1. The van der Waals surface area contributed by atoms with Crippen LogP contribution in [0.4, 0.5) is 4.79 Å². The summed E-state index contributed by atoms with van der Waals surface area (Å²) in [5.74, 6) is 7.64. The molecule has 1 aromatic rings. The molecular weight excluding hydrogens is 1850 g/mol. The zero-order valence-electron chi connectivity index (χ0n) is 76.9. The zero-order chi connectivity index (χ0) is 94.9. The van der Waals surface area contributed by atoms with E-state index in [1.807, 2.05) is 40.5 Å². The van der Waals surface area contributed by atoms with Gasteiger partial charge in [-0.25, -0.2) is 4.79 Å². The average Bonchev–Trinajstić information content (AvgIpc) is 1.51. The number of nitrogens with zero attached hydrogens (tertiary/aromatic N) is 1. The largest absolute Gasteiger partial charge is 0.492 e. The van der Waals surface area contributed by atoms with E-state index in [4.69, 9.17) is 77.9 Å². The summed E-state index contributed by atoms with van der Waals surface area (Å²) < 4.78 is 81.1. The van der Waals surface area contributed by atoms with E-state index in [1.54, 1.807) is 76.1 Å². The summed E-state index contributed by atoms with van der Waals surface area (Å²) in [6.07, 6.45) is -11.9. The molecule has 39 heteroatoms. The summed E-state index contributed by atoms with van der Waals surface area (Å²) in [7, 11) is 8.79. The van der Waals surface area contributed by atoms with Gasteiger partial charge in [-0.15, -0.1) is 0 Å². The van der Waals surface area contributed by atoms with Crippen molar-refractivity contribution in [1.82, 2.24) is 26.3 Å². The van der Waals surface area contributed by atoms with Crippen molar-refractivity contribution in [2.24, 2.45) is 46.5 Å². The number of methoxy groups -OCH3 is 4. The third-order valence-corrected chi connectivity index (χ3v) is 29.9. The third kappa shape index (κ3) is 28.3. The molecule has 6 fully saturated rings. The second-order valence-corrected chi connectivity index (χ2v) is 39.7. The number of hydroxylamine groups is 1. The minimum Gasteiger partial charge on any atom is -0.492 e. The molecule has 4 amide bonds. The fourth-order valence-corrected chi connectivity index (χ4v) is 21.4. The van der Waals surface area contributed by atoms with Crippen LogP contribution in [0.5, 0.6) is 17.2 Å². The molecule has 25 atom stereocenters. The number of rotatable bonds is 52. The highest BCUT2D eigenvalue weighted by atomic mass is 127. The number of urea groups is 1. The van der Waals surface area contributed by atoms with Crippen molar-refractivity contribution < 1.29 is 135 Å². The molecule has 0 bridgehead atoms. The van der Waals surface area contributed by atoms with Gasteiger partial charge in [-0.3, -0.25) is 38.5 Å². The Labute approximate surface area is 782 Å². The van der Waals surface area contributed by atoms with Crippen LogP contribution in [-0.4, -0.2) is 309 Å². The van der Waals surface area contributed by atoms with Crippen molar-refractivity contribution in [1.29, 1.82) is 0 Å². The number of hydrogen-bond acceptors (Lipinski definition) is 34. The zero-order valence-corrected chi connectivity index (χ0v) is 81.5. The van der Waals surface area contributed by atoms with E-state index in [0.717, 1.165) is 11.8 Å². The van der Waals surface area contributed by atoms with Crippen molar-refractivity contribution in [2.45, 2.75) is 293 Å². The molecule has 4 heterocycles. The summed E-state index contributed by atoms with van der Waals surface area (Å²) >= 11 is 2.81. The molecule has 2 saturated carbocycles. The summed E-state index contributed by atoms with van der Waals surface area (Å²) in [6.45, 7) is 22.7. The number of carbonyl (C=O) groups excluding carboxylic acids is 9. The van der Waals surface area contributed by atoms with Crippen molar-refractivity contribution in [2.75, 3.05) is 100.0 Å². The van der Waals surface area contributed by atoms with E-state index < -0.39 is 173 Å². The first kappa shape index (κ1) is 109. The van der Waals surface area contributed by atoms with Crippen LogP contribution in [0.25, 0.3) is 0 Å². The summed E-state index contributed by atoms with van der Waals surface area (Å²) in [5, 5.41) is 67.0. The van der Waals surface area contributed by atoms with Crippen molar-refractivity contribution >= 4 is 108 Å². The van der Waals surface area contributed by atoms with Crippen LogP contribution in [0.3, 0.4) is 0 Å². The summed E-state index contributed by atoms with van der Waals surface area (Å²) in [6, 6.07) is -3.26. The van der Waals surface area contributed by atoms with Crippen LogP contribution in [-0.2, 0) is 85.8 Å². The molecule has 3 aliphatic carbocycles. The lowest BCUT2D eigenvalue weighted by Gasteiger charge is -2.60. The number of ketones is 5. The highest BCUT2D eigenvalue weighted by Crippen LogP contribution is 2.70. The van der Waals surface area contributed by atoms with Gasteiger partial charge in [-0.1, -0.05) is 104 Å². The quantitative estimate of drug-likeness (QED) is 0.00968. The number of carbonyl (C=O) groups is 9. The Morgan fingerprint density at radius 1 is 0.775 bits per heavy atom. The molecule has 129 heavy (non-hydrogen) atoms. The lowest BCUT2D eigenvalue weighted by Crippen LogP contribution is -2.69. The smallest absolute Gasteiger partial charge is 0.312 e. The lowest BCUT2D eigenvalue weighted by molar-refractivity contribution is -0.344. The summed E-state index contributed by atoms with van der Waals surface area (Å²) in [5.41, 5.74) is 12.0. The maximum absolute atomic E-state index is 14.7. The fourth-order valence-electron chi connectivity index (χ4n) is 17.8. The molecular formula is C90H136IN7O28S3. The molecule has 3 unspecified atom stereocenters. The first-order chi connectivity index (χ1) is 61.3. The van der Waals surface area contributed by atoms with Gasteiger partial charge in [0.15, 0.2) is 36.2 Å². The number of primary amides is 1. The number of allylic oxidation sites excluding steroid dienone is 2. The minimum atomic E-state index is -1.81. The number of nitrogens with two attached hydrogens (primary N) is 2. The Balaban J connectivity index is 0.914. The van der Waals surface area contributed by atoms with Crippen molar-refractivity contribution in [3.63, 3.8) is 0 Å². The fraction of sp³-hybridized carbons (Fsp3) is 0.744. The average molecular weight is 1990 g/mol. The number of halogens is 1. The van der Waals surface area contributed by atoms with Gasteiger partial charge in [0.25, 0.3) is 0 Å². The monoisotopic (exact) mass is 1990 g/mol. The van der Waals surface area contributed by atoms with Crippen molar-refractivity contribution in [3.05, 3.63) is 38.0 Å². The highest BCUT2D eigenvalue weighted by Gasteiger charge is 2.78. The SMILES string of the molecule is CCN(CC(=O)CCCOCCOCCNC(=O)[C@H](CCCNC(N)=O)CC(=O)[C@@H](NC(=O)[C@H](CCCCN)CC(C)=O)C(C)C)[C@H]1CO[C@@H](O[C@H]2[C@H](O[C@H]3C#C/C=C(/C)C#CC45C(CC(C)=O)C(=O)C[C@]4(O)/C(=C/CSSC(C)C)C35)O[C@H](C)[C@@H](NO[C@H]3C[C@H](O)[C@H](SC(=O)c4c(C)c(I)c(O[C@@H]5O[C@@H](C)[C@H](O)[C@@H](OC)[C@H]5O)c(OC)c4OC)[C@@H](C)O3)[C@@H]2O)C[C@@H]1OC. The van der Waals surface area contributed by atoms with Gasteiger partial charge in [0, 0.05) is 119 Å². The normalized spacial score (nSPS) is 31.0. The molecule has 4 saturated heterocycles. The van der Waals surface area contributed by atoms with E-state index in [1.165, 1.54) is 42.3 Å². The molecule has 4 aliphatic heterocycles. The van der Waals surface area contributed by atoms with Crippen LogP contribution in [0, 0.1) is 69.2 Å². The maximum atomic E-state index is 14.7. The third-order valence-electron chi connectivity index (χ3n) is 24.4. The number of hydrogen-bond donors (Lipinski definition) is 11. The van der Waals surface area contributed by atoms with Crippen molar-refractivity contribution in [3.8, 4) is 40.9 Å². The Kier molecular flexibility index (Phi) is 43.8. The Morgan fingerprint density at radius 2 is 1.47 bits per heavy atom. The molecule has 7 aliphatic rings. The van der Waals surface area contributed by atoms with Gasteiger partial charge >= 0.3 is 6.03 Å². The maximum Gasteiger partial charge on any atom is 0.312 e. The van der Waals surface area contributed by atoms with Crippen LogP contribution < -0.4 is 47.1 Å². The van der Waals surface area contributed by atoms with Crippen LogP contribution in [0.1, 0.15) is 176 Å². The van der Waals surface area contributed by atoms with Crippen LogP contribution in [0.2, 0.25) is 0 Å². The number of nitrogens with one attached hydrogen (secondary N) is 4. The first-order valence-corrected chi connectivity index (χ1v) is 48.8. The predicted octanol–water partition coefficient (Wildman–Crippen LogP) is 5.42. The molecule has 724 valence electrons. The molecule has 0 aromatic heterocycles. The van der Waals surface area contributed by atoms with Crippen LogP contribution >= 0.6 is 55.9 Å². The summed E-state index contributed by atoms with van der Waals surface area (Å²) in [4.78, 5) is 129. The van der Waals surface area contributed by atoms with Gasteiger partial charge in [-0.05, 0) is 139 Å². The standard InChI is InChI=1S/C90H136IN7O28S3/c1-17-98(45-58(101)26-22-34-117-36-37-118-35-33-94-83(108)57(25-21-32-95-88(93)111)41-62(102)72(47(2)3)96-84(109)56(39-50(7)99)24-18-19-31-92)61-46-119-67(43-66(61)113-13)124-80-75(106)73(53(10)121-87(80)123-65-27-20-23-49(6)28-30-89-60(40-51(8)100)64(104)44-90(89,112)59(70(65)89)29-38-127-129-48(4)5)97-126-68-42-63(103)82(55(12)120-68)128-85(110)69-52(9)71(91)78(81(116-16)77(69)114-14)125-86-76(107)79(115-15)74(105)54(11)122-86/h23,29,47-48,53-57,60-61,63,65-68,70,72-76,79-80,82,86-87,97,103,105-107,112H,17-19,21-22,24-26,31-46,92H2,1-16H3,(H,94,108)(H,96,109)(H3,93,95,111)/b49-23-,59-29+/t53-,54+,55-,56-,57-,60?,61+,63+,65+,66+,67+,68+,70?,72+,73-,74+,75+,76-,79-,80-,82-,86+,87+,89?,90+/m1/s1. The topological polar surface area (TPSA) is 487 Å². The first-order valence-electron chi connectivity index (χ1n) is 44.4. The van der Waals surface area contributed by atoms with Gasteiger partial charge < -0.3 is 124 Å². The number of unbranched alkanes of at least 4 members (excludes halogenated alkanes) is 1. The predicted molar refractivity (Wildman–Crippen MR) is 489 cm³/mol. The Morgan fingerprint density at radius 3 is 2.12 bits per heavy atom. The second kappa shape index (κ2) is 52.0. The van der Waals surface area contributed by atoms with Crippen LogP contribution in [0.15, 0.2) is 23.3 Å². The van der Waals surface area contributed by atoms with Gasteiger partial charge in [0.2, 0.25) is 29.0 Å². The highest BCUT2D eigenvalue weighted by molar-refractivity contribution is 14.1. The van der Waals surface area contributed by atoms with Gasteiger partial charge in [0.1, 0.15) is 65.4 Å². The number of amides is 4. The molecule has 0 radical (unpaired) electrons. The molecule has 8 rings (SSSR count). The lowest BCUT2D eigenvalue weighted by atomic mass is 9.44. The number of Topliss-reactive ketones (excluding diaryl/α,β-unsaturated/α-hetero) is 5. The number of aliphatic hydroxyl groups excluding tert-OH is 4.